The van der Waals surface area contributed by atoms with Gasteiger partial charge in [0.05, 0.1) is 0 Å². The molecule has 3 rings (SSSR count). The fraction of sp³-hybridized carbons (Fsp3) is 0. The van der Waals surface area contributed by atoms with Gasteiger partial charge in [0.2, 0.25) is 11.4 Å². The minimum absolute atomic E-state index is 0.649. The minimum atomic E-state index is 0.649. The van der Waals surface area contributed by atoms with Crippen LogP contribution in [-0.2, 0) is 0 Å². The van der Waals surface area contributed by atoms with E-state index in [9.17, 15) is 0 Å². The SMILES string of the molecule is c1cnc2oc3ncccc3c2c1. The van der Waals surface area contributed by atoms with Crippen molar-refractivity contribution in [3.8, 4) is 0 Å². The molecule has 13 heavy (non-hydrogen) atoms. The quantitative estimate of drug-likeness (QED) is 0.520. The fourth-order valence-corrected chi connectivity index (χ4v) is 1.45. The lowest BCUT2D eigenvalue weighted by Crippen LogP contribution is -1.69. The fourth-order valence-electron chi connectivity index (χ4n) is 1.45. The van der Waals surface area contributed by atoms with Gasteiger partial charge in [-0.3, -0.25) is 0 Å². The maximum atomic E-state index is 5.43. The second kappa shape index (κ2) is 2.29. The predicted octanol–water partition coefficient (Wildman–Crippen LogP) is 2.38. The van der Waals surface area contributed by atoms with Crippen LogP contribution < -0.4 is 0 Å². The molecule has 0 fully saturated rings. The average molecular weight is 170 g/mol. The van der Waals surface area contributed by atoms with Crippen molar-refractivity contribution in [2.75, 3.05) is 0 Å². The molecule has 62 valence electrons. The van der Waals surface area contributed by atoms with Crippen LogP contribution in [0.1, 0.15) is 0 Å². The molecule has 0 radical (unpaired) electrons. The number of hydrogen-bond acceptors (Lipinski definition) is 3. The van der Waals surface area contributed by atoms with Crippen molar-refractivity contribution >= 4 is 22.2 Å². The zero-order chi connectivity index (χ0) is 8.67. The van der Waals surface area contributed by atoms with Crippen molar-refractivity contribution < 1.29 is 4.42 Å². The number of hydrogen-bond donors (Lipinski definition) is 0. The summed E-state index contributed by atoms with van der Waals surface area (Å²) in [5, 5.41) is 2.04. The van der Waals surface area contributed by atoms with Crippen LogP contribution in [0.25, 0.3) is 22.2 Å². The highest BCUT2D eigenvalue weighted by Crippen LogP contribution is 2.24. The third-order valence-electron chi connectivity index (χ3n) is 2.03. The maximum Gasteiger partial charge on any atom is 0.229 e. The molecule has 0 aromatic carbocycles. The lowest BCUT2D eigenvalue weighted by molar-refractivity contribution is 0.640. The van der Waals surface area contributed by atoms with Crippen LogP contribution in [0.15, 0.2) is 41.1 Å². The molecule has 0 N–H and O–H groups in total. The van der Waals surface area contributed by atoms with Gasteiger partial charge < -0.3 is 4.42 Å². The second-order valence-electron chi connectivity index (χ2n) is 2.81. The van der Waals surface area contributed by atoms with Gasteiger partial charge in [0, 0.05) is 23.2 Å². The first-order chi connectivity index (χ1) is 6.45. The number of nitrogens with zero attached hydrogens (tertiary/aromatic N) is 2. The van der Waals surface area contributed by atoms with Crippen molar-refractivity contribution in [3.63, 3.8) is 0 Å². The number of aromatic nitrogens is 2. The molecule has 3 aromatic rings. The van der Waals surface area contributed by atoms with Crippen molar-refractivity contribution in [3.05, 3.63) is 36.7 Å². The molecule has 0 aliphatic rings. The van der Waals surface area contributed by atoms with E-state index in [1.54, 1.807) is 12.4 Å². The summed E-state index contributed by atoms with van der Waals surface area (Å²) in [6, 6.07) is 7.75. The van der Waals surface area contributed by atoms with Gasteiger partial charge in [-0.15, -0.1) is 0 Å². The molecule has 0 aliphatic heterocycles. The molecular weight excluding hydrogens is 164 g/mol. The van der Waals surface area contributed by atoms with Crippen molar-refractivity contribution in [2.45, 2.75) is 0 Å². The first kappa shape index (κ1) is 6.60. The van der Waals surface area contributed by atoms with E-state index in [1.807, 2.05) is 24.3 Å². The number of fused-ring (bicyclic) bond motifs is 3. The smallest absolute Gasteiger partial charge is 0.229 e. The Balaban J connectivity index is 2.64. The second-order valence-corrected chi connectivity index (χ2v) is 2.81. The summed E-state index contributed by atoms with van der Waals surface area (Å²) in [4.78, 5) is 8.22. The number of furan rings is 1. The predicted molar refractivity (Wildman–Crippen MR) is 49.3 cm³/mol. The summed E-state index contributed by atoms with van der Waals surface area (Å²) < 4.78 is 5.43. The Bertz CT molecular complexity index is 521. The standard InChI is InChI=1S/C10H6N2O/c1-3-7-8-4-2-6-12-10(8)13-9(7)11-5-1/h1-6H. The summed E-state index contributed by atoms with van der Waals surface area (Å²) in [5.74, 6) is 0. The maximum absolute atomic E-state index is 5.43. The largest absolute Gasteiger partial charge is 0.419 e. The zero-order valence-corrected chi connectivity index (χ0v) is 6.77. The normalized spacial score (nSPS) is 11.1. The molecule has 0 amide bonds. The molecule has 3 heteroatoms. The van der Waals surface area contributed by atoms with Gasteiger partial charge in [0.15, 0.2) is 0 Å². The highest BCUT2D eigenvalue weighted by Gasteiger charge is 2.05. The van der Waals surface area contributed by atoms with Crippen molar-refractivity contribution in [2.24, 2.45) is 0 Å². The van der Waals surface area contributed by atoms with E-state index in [1.165, 1.54) is 0 Å². The topological polar surface area (TPSA) is 38.9 Å². The van der Waals surface area contributed by atoms with E-state index in [0.29, 0.717) is 11.4 Å². The Labute approximate surface area is 74.0 Å². The molecule has 0 spiro atoms. The van der Waals surface area contributed by atoms with E-state index >= 15 is 0 Å². The lowest BCUT2D eigenvalue weighted by Gasteiger charge is -1.84. The average Bonchev–Trinajstić information content (AvgIpc) is 2.56. The summed E-state index contributed by atoms with van der Waals surface area (Å²) in [7, 11) is 0. The first-order valence-electron chi connectivity index (χ1n) is 4.03. The third kappa shape index (κ3) is 0.839. The van der Waals surface area contributed by atoms with Gasteiger partial charge in [0.1, 0.15) is 0 Å². The van der Waals surface area contributed by atoms with E-state index in [4.69, 9.17) is 4.42 Å². The molecular formula is C10H6N2O. The molecule has 0 saturated carbocycles. The monoisotopic (exact) mass is 170 g/mol. The number of pyridine rings is 2. The van der Waals surface area contributed by atoms with Gasteiger partial charge in [0.25, 0.3) is 0 Å². The molecule has 0 saturated heterocycles. The zero-order valence-electron chi connectivity index (χ0n) is 6.77. The van der Waals surface area contributed by atoms with Crippen LogP contribution in [0.5, 0.6) is 0 Å². The van der Waals surface area contributed by atoms with E-state index in [0.717, 1.165) is 10.8 Å². The summed E-state index contributed by atoms with van der Waals surface area (Å²) in [5.41, 5.74) is 1.30. The van der Waals surface area contributed by atoms with Crippen LogP contribution in [0.2, 0.25) is 0 Å². The van der Waals surface area contributed by atoms with Crippen LogP contribution in [0.3, 0.4) is 0 Å². The Kier molecular flexibility index (Phi) is 1.16. The first-order valence-corrected chi connectivity index (χ1v) is 4.03. The Morgan fingerprint density at radius 1 is 0.846 bits per heavy atom. The van der Waals surface area contributed by atoms with Crippen molar-refractivity contribution in [1.82, 2.24) is 9.97 Å². The number of rotatable bonds is 0. The highest BCUT2D eigenvalue weighted by atomic mass is 16.3. The summed E-state index contributed by atoms with van der Waals surface area (Å²) >= 11 is 0. The third-order valence-corrected chi connectivity index (χ3v) is 2.03. The molecule has 0 atom stereocenters. The lowest BCUT2D eigenvalue weighted by atomic mass is 10.2. The Hall–Kier alpha value is -1.90. The molecule has 0 unspecified atom stereocenters. The van der Waals surface area contributed by atoms with Crippen molar-refractivity contribution in [1.29, 1.82) is 0 Å². The highest BCUT2D eigenvalue weighted by molar-refractivity contribution is 6.01. The van der Waals surface area contributed by atoms with E-state index < -0.39 is 0 Å². The van der Waals surface area contributed by atoms with Gasteiger partial charge in [-0.2, -0.15) is 0 Å². The molecule has 3 heterocycles. The summed E-state index contributed by atoms with van der Waals surface area (Å²) in [6.45, 7) is 0. The summed E-state index contributed by atoms with van der Waals surface area (Å²) in [6.07, 6.45) is 3.43. The van der Waals surface area contributed by atoms with E-state index in [-0.39, 0.29) is 0 Å². The Morgan fingerprint density at radius 3 is 1.92 bits per heavy atom. The van der Waals surface area contributed by atoms with Gasteiger partial charge in [-0.1, -0.05) is 0 Å². The van der Waals surface area contributed by atoms with Crippen LogP contribution >= 0.6 is 0 Å². The van der Waals surface area contributed by atoms with Gasteiger partial charge >= 0.3 is 0 Å². The minimum Gasteiger partial charge on any atom is -0.419 e. The van der Waals surface area contributed by atoms with Gasteiger partial charge in [-0.25, -0.2) is 9.97 Å². The molecule has 3 aromatic heterocycles. The molecule has 0 aliphatic carbocycles. The molecule has 0 bridgehead atoms. The van der Waals surface area contributed by atoms with Crippen LogP contribution in [0, 0.1) is 0 Å². The Morgan fingerprint density at radius 2 is 1.38 bits per heavy atom. The molecule has 3 nitrogen and oxygen atoms in total. The van der Waals surface area contributed by atoms with Gasteiger partial charge in [-0.05, 0) is 24.3 Å². The van der Waals surface area contributed by atoms with Crippen LogP contribution in [-0.4, -0.2) is 9.97 Å². The van der Waals surface area contributed by atoms with E-state index in [2.05, 4.69) is 9.97 Å². The van der Waals surface area contributed by atoms with Crippen LogP contribution in [0.4, 0.5) is 0 Å².